The Labute approximate surface area is 285 Å². The molecule has 0 aliphatic rings. The van der Waals surface area contributed by atoms with Crippen LogP contribution in [0.3, 0.4) is 0 Å². The molecule has 0 saturated heterocycles. The van der Waals surface area contributed by atoms with Gasteiger partial charge in [0.1, 0.15) is 5.82 Å². The molecule has 0 aliphatic carbocycles. The van der Waals surface area contributed by atoms with Crippen molar-refractivity contribution in [3.8, 4) is 28.7 Å². The number of benzene rings is 5. The fourth-order valence-electron chi connectivity index (χ4n) is 6.65. The molecular weight excluding hydrogens is 762 g/mol. The van der Waals surface area contributed by atoms with Crippen LogP contribution in [0, 0.1) is 26.0 Å². The first-order valence-corrected chi connectivity index (χ1v) is 15.3. The van der Waals surface area contributed by atoms with Gasteiger partial charge in [0, 0.05) is 45.7 Å². The maximum atomic E-state index is 6.37. The van der Waals surface area contributed by atoms with Crippen molar-refractivity contribution in [3.05, 3.63) is 151 Å². The van der Waals surface area contributed by atoms with Gasteiger partial charge in [-0.15, -0.1) is 35.7 Å². The van der Waals surface area contributed by atoms with E-state index in [9.17, 15) is 0 Å². The SMILES string of the molecule is Cc1cc(C)n(-c2[c-]c(Oc3[c-]c4c(cc3)c3ccccc3n4-c3cc(-n4c5ccccc5c5ccccc54)ccn3)ccc2)n1.[Pt+4]. The Balaban J connectivity index is 0.00000324. The van der Waals surface area contributed by atoms with Crippen LogP contribution in [0.4, 0.5) is 0 Å². The predicted octanol–water partition coefficient (Wildman–Crippen LogP) is 9.47. The molecule has 9 rings (SSSR count). The van der Waals surface area contributed by atoms with Crippen molar-refractivity contribution >= 4 is 43.6 Å². The van der Waals surface area contributed by atoms with E-state index in [1.54, 1.807) is 0 Å². The molecule has 0 amide bonds. The molecule has 0 spiro atoms. The maximum absolute atomic E-state index is 6.37. The van der Waals surface area contributed by atoms with Crippen LogP contribution in [0.1, 0.15) is 11.4 Å². The molecule has 0 fully saturated rings. The number of fused-ring (bicyclic) bond motifs is 6. The fourth-order valence-corrected chi connectivity index (χ4v) is 6.65. The number of hydrogen-bond donors (Lipinski definition) is 0. The maximum Gasteiger partial charge on any atom is 4.00 e. The molecule has 0 unspecified atom stereocenters. The van der Waals surface area contributed by atoms with Crippen molar-refractivity contribution in [1.29, 1.82) is 0 Å². The predicted molar refractivity (Wildman–Crippen MR) is 184 cm³/mol. The van der Waals surface area contributed by atoms with E-state index in [4.69, 9.17) is 9.72 Å². The minimum absolute atomic E-state index is 0. The third kappa shape index (κ3) is 4.76. The minimum Gasteiger partial charge on any atom is -0.509 e. The van der Waals surface area contributed by atoms with Gasteiger partial charge in [-0.2, -0.15) is 17.2 Å². The Kier molecular flexibility index (Phi) is 7.04. The zero-order valence-corrected chi connectivity index (χ0v) is 27.9. The third-order valence-corrected chi connectivity index (χ3v) is 8.56. The Morgan fingerprint density at radius 1 is 0.596 bits per heavy atom. The Hall–Kier alpha value is -5.45. The molecule has 6 nitrogen and oxygen atoms in total. The van der Waals surface area contributed by atoms with E-state index in [-0.39, 0.29) is 21.1 Å². The van der Waals surface area contributed by atoms with Crippen LogP contribution in [0.15, 0.2) is 128 Å². The van der Waals surface area contributed by atoms with Crippen molar-refractivity contribution in [2.75, 3.05) is 0 Å². The van der Waals surface area contributed by atoms with Crippen molar-refractivity contribution in [3.63, 3.8) is 0 Å². The second-order valence-electron chi connectivity index (χ2n) is 11.5. The van der Waals surface area contributed by atoms with Gasteiger partial charge in [-0.25, -0.2) is 4.98 Å². The summed E-state index contributed by atoms with van der Waals surface area (Å²) < 4.78 is 12.7. The smallest absolute Gasteiger partial charge is 0.509 e. The number of pyridine rings is 1. The average Bonchev–Trinajstić information content (AvgIpc) is 3.73. The van der Waals surface area contributed by atoms with Crippen LogP contribution in [0.5, 0.6) is 11.5 Å². The summed E-state index contributed by atoms with van der Waals surface area (Å²) in [6, 6.07) is 48.6. The van der Waals surface area contributed by atoms with Crippen LogP contribution in [0.2, 0.25) is 0 Å². The van der Waals surface area contributed by atoms with Gasteiger partial charge in [0.2, 0.25) is 0 Å². The zero-order valence-electron chi connectivity index (χ0n) is 25.6. The molecule has 226 valence electrons. The summed E-state index contributed by atoms with van der Waals surface area (Å²) in [6.45, 7) is 4.02. The summed E-state index contributed by atoms with van der Waals surface area (Å²) >= 11 is 0. The third-order valence-electron chi connectivity index (χ3n) is 8.56. The van der Waals surface area contributed by atoms with Crippen LogP contribution >= 0.6 is 0 Å². The number of rotatable bonds is 5. The van der Waals surface area contributed by atoms with Gasteiger partial charge in [0.05, 0.1) is 22.4 Å². The molecule has 0 atom stereocenters. The van der Waals surface area contributed by atoms with Gasteiger partial charge in [0.15, 0.2) is 0 Å². The van der Waals surface area contributed by atoms with E-state index < -0.39 is 0 Å². The van der Waals surface area contributed by atoms with Gasteiger partial charge in [-0.05, 0) is 55.3 Å². The summed E-state index contributed by atoms with van der Waals surface area (Å²) in [5.41, 5.74) is 8.11. The number of aromatic nitrogens is 5. The molecule has 47 heavy (non-hydrogen) atoms. The zero-order chi connectivity index (χ0) is 30.8. The molecule has 0 radical (unpaired) electrons. The normalized spacial score (nSPS) is 11.4. The van der Waals surface area contributed by atoms with E-state index >= 15 is 0 Å². The molecule has 9 aromatic rings. The summed E-state index contributed by atoms with van der Waals surface area (Å²) in [4.78, 5) is 4.89. The summed E-state index contributed by atoms with van der Waals surface area (Å²) in [6.07, 6.45) is 1.88. The Morgan fingerprint density at radius 3 is 1.91 bits per heavy atom. The fraction of sp³-hybridized carbons (Fsp3) is 0.0500. The van der Waals surface area contributed by atoms with Crippen molar-refractivity contribution in [2.24, 2.45) is 0 Å². The van der Waals surface area contributed by atoms with Gasteiger partial charge in [-0.3, -0.25) is 4.68 Å². The van der Waals surface area contributed by atoms with Gasteiger partial charge >= 0.3 is 21.1 Å². The van der Waals surface area contributed by atoms with Crippen LogP contribution < -0.4 is 4.74 Å². The first-order chi connectivity index (χ1) is 22.6. The van der Waals surface area contributed by atoms with E-state index in [1.165, 1.54) is 10.8 Å². The number of ether oxygens (including phenoxy) is 1. The molecular formula is C40H27N5OPt+2. The van der Waals surface area contributed by atoms with Crippen molar-refractivity contribution < 1.29 is 25.8 Å². The molecule has 0 bridgehead atoms. The largest absolute Gasteiger partial charge is 4.00 e. The first-order valence-electron chi connectivity index (χ1n) is 15.3. The minimum atomic E-state index is 0. The van der Waals surface area contributed by atoms with Crippen LogP contribution in [0.25, 0.3) is 60.8 Å². The summed E-state index contributed by atoms with van der Waals surface area (Å²) in [5.74, 6) is 1.99. The second-order valence-corrected chi connectivity index (χ2v) is 11.5. The first kappa shape index (κ1) is 29.0. The molecule has 0 saturated carbocycles. The second kappa shape index (κ2) is 11.4. The van der Waals surface area contributed by atoms with E-state index in [1.807, 2.05) is 55.1 Å². The molecule has 4 aromatic heterocycles. The summed E-state index contributed by atoms with van der Waals surface area (Å²) in [5, 5.41) is 9.26. The van der Waals surface area contributed by atoms with Crippen molar-refractivity contribution in [2.45, 2.75) is 13.8 Å². The molecule has 0 aliphatic heterocycles. The van der Waals surface area contributed by atoms with E-state index in [0.717, 1.165) is 61.4 Å². The molecule has 5 aromatic carbocycles. The van der Waals surface area contributed by atoms with E-state index in [2.05, 4.69) is 117 Å². The monoisotopic (exact) mass is 788 g/mol. The quantitative estimate of drug-likeness (QED) is 0.164. The van der Waals surface area contributed by atoms with Crippen LogP contribution in [-0.4, -0.2) is 23.9 Å². The summed E-state index contributed by atoms with van der Waals surface area (Å²) in [7, 11) is 0. The Bertz CT molecular complexity index is 2560. The number of para-hydroxylation sites is 3. The molecule has 7 heteroatoms. The Morgan fingerprint density at radius 2 is 1.23 bits per heavy atom. The number of hydrogen-bond acceptors (Lipinski definition) is 3. The molecule has 4 heterocycles. The standard InChI is InChI=1S/C40H27N5O.Pt/c1-26-22-27(2)45(42-26)29-10-9-11-30(23-29)46-31-18-19-35-34-14-5-8-17-38(34)44(39(35)25-31)40-24-28(20-21-41-40)43-36-15-6-3-12-32(36)33-13-4-7-16-37(33)43;/h3-22,24H,1-2H3;/q-2;+4. The number of nitrogens with zero attached hydrogens (tertiary/aromatic N) is 5. The van der Waals surface area contributed by atoms with Crippen LogP contribution in [-0.2, 0) is 21.1 Å². The number of aryl methyl sites for hydroxylation is 2. The van der Waals surface area contributed by atoms with Crippen molar-refractivity contribution in [1.82, 2.24) is 23.9 Å². The average molecular weight is 789 g/mol. The van der Waals surface area contributed by atoms with Gasteiger partial charge in [-0.1, -0.05) is 60.1 Å². The van der Waals surface area contributed by atoms with Gasteiger partial charge < -0.3 is 13.9 Å². The van der Waals surface area contributed by atoms with Gasteiger partial charge in [0.25, 0.3) is 0 Å². The molecule has 0 N–H and O–H groups in total. The van der Waals surface area contributed by atoms with E-state index in [0.29, 0.717) is 11.5 Å². The topological polar surface area (TPSA) is 49.8 Å².